The lowest BCUT2D eigenvalue weighted by Crippen LogP contribution is -2.07. The van der Waals surface area contributed by atoms with E-state index in [1.165, 1.54) is 16.8 Å². The molecule has 0 aliphatic rings. The van der Waals surface area contributed by atoms with E-state index in [-0.39, 0.29) is 0 Å². The van der Waals surface area contributed by atoms with E-state index in [1.54, 1.807) is 0 Å². The van der Waals surface area contributed by atoms with Crippen LogP contribution in [0, 0.1) is 0 Å². The number of nitrogens with one attached hydrogen (secondary N) is 1. The highest BCUT2D eigenvalue weighted by Gasteiger charge is 2.07. The van der Waals surface area contributed by atoms with Gasteiger partial charge in [-0.25, -0.2) is 4.98 Å². The molecule has 0 unspecified atom stereocenters. The summed E-state index contributed by atoms with van der Waals surface area (Å²) in [5.41, 5.74) is 6.66. The normalized spacial score (nSPS) is 11.7. The smallest absolute Gasteiger partial charge is 0.138 e. The van der Waals surface area contributed by atoms with Gasteiger partial charge in [0.2, 0.25) is 0 Å². The average Bonchev–Trinajstić information content (AvgIpc) is 2.98. The highest BCUT2D eigenvalue weighted by Crippen LogP contribution is 2.25. The van der Waals surface area contributed by atoms with Gasteiger partial charge in [-0.2, -0.15) is 0 Å². The lowest BCUT2D eigenvalue weighted by molar-refractivity contribution is 1.13. The van der Waals surface area contributed by atoms with Gasteiger partial charge in [-0.05, 0) is 54.5 Å². The Morgan fingerprint density at radius 3 is 2.52 bits per heavy atom. The zero-order valence-corrected chi connectivity index (χ0v) is 13.8. The Bertz CT molecular complexity index is 868. The molecule has 0 aliphatic carbocycles. The summed E-state index contributed by atoms with van der Waals surface area (Å²) in [5, 5.41) is 0. The first-order chi connectivity index (χ1) is 11.1. The third-order valence-electron chi connectivity index (χ3n) is 3.96. The molecule has 23 heavy (non-hydrogen) atoms. The Morgan fingerprint density at radius 1 is 1.13 bits per heavy atom. The van der Waals surface area contributed by atoms with Crippen LogP contribution in [0.25, 0.3) is 28.0 Å². The molecule has 0 saturated heterocycles. The fourth-order valence-electron chi connectivity index (χ4n) is 2.58. The van der Waals surface area contributed by atoms with Gasteiger partial charge >= 0.3 is 0 Å². The zero-order valence-electron chi connectivity index (χ0n) is 13.8. The number of aromatic nitrogens is 2. The van der Waals surface area contributed by atoms with E-state index >= 15 is 0 Å². The van der Waals surface area contributed by atoms with Crippen molar-refractivity contribution in [2.24, 2.45) is 0 Å². The molecule has 3 nitrogen and oxygen atoms in total. The Hall–Kier alpha value is -2.81. The van der Waals surface area contributed by atoms with Crippen LogP contribution in [0.2, 0.25) is 0 Å². The minimum atomic E-state index is 0.896. The molecule has 0 aliphatic heterocycles. The van der Waals surface area contributed by atoms with E-state index in [4.69, 9.17) is 4.98 Å². The number of anilines is 1. The van der Waals surface area contributed by atoms with Crippen LogP contribution < -0.4 is 4.90 Å². The predicted octanol–water partition coefficient (Wildman–Crippen LogP) is 4.89. The lowest BCUT2D eigenvalue weighted by atomic mass is 10.1. The van der Waals surface area contributed by atoms with Crippen LogP contribution in [0.15, 0.2) is 61.2 Å². The number of allylic oxidation sites excluding steroid dienone is 3. The van der Waals surface area contributed by atoms with Crippen molar-refractivity contribution in [1.29, 1.82) is 0 Å². The molecule has 0 atom stereocenters. The Kier molecular flexibility index (Phi) is 4.02. The summed E-state index contributed by atoms with van der Waals surface area (Å²) in [6.45, 7) is 5.84. The minimum Gasteiger partial charge on any atom is -0.378 e. The lowest BCUT2D eigenvalue weighted by Gasteiger charge is -2.11. The summed E-state index contributed by atoms with van der Waals surface area (Å²) >= 11 is 0. The molecule has 0 bridgehead atoms. The molecule has 1 N–H and O–H groups in total. The second-order valence-electron chi connectivity index (χ2n) is 5.84. The maximum Gasteiger partial charge on any atom is 0.138 e. The topological polar surface area (TPSA) is 31.9 Å². The molecule has 1 aromatic heterocycles. The van der Waals surface area contributed by atoms with E-state index in [0.29, 0.717) is 0 Å². The number of hydrogen-bond donors (Lipinski definition) is 1. The van der Waals surface area contributed by atoms with Gasteiger partial charge in [0, 0.05) is 25.3 Å². The first-order valence-corrected chi connectivity index (χ1v) is 7.65. The fraction of sp³-hybridized carbons (Fsp3) is 0.150. The minimum absolute atomic E-state index is 0.896. The van der Waals surface area contributed by atoms with E-state index in [0.717, 1.165) is 22.4 Å². The molecule has 0 saturated carbocycles. The van der Waals surface area contributed by atoms with E-state index in [1.807, 2.05) is 26.2 Å². The summed E-state index contributed by atoms with van der Waals surface area (Å²) in [4.78, 5) is 10.2. The number of aromatic amines is 1. The summed E-state index contributed by atoms with van der Waals surface area (Å²) in [7, 11) is 4.08. The van der Waals surface area contributed by atoms with Gasteiger partial charge in [0.15, 0.2) is 0 Å². The van der Waals surface area contributed by atoms with Gasteiger partial charge in [0.1, 0.15) is 5.82 Å². The van der Waals surface area contributed by atoms with Gasteiger partial charge in [-0.1, -0.05) is 24.8 Å². The Labute approximate surface area is 137 Å². The molecule has 2 aromatic carbocycles. The molecular weight excluding hydrogens is 282 g/mol. The number of nitrogens with zero attached hydrogens (tertiary/aromatic N) is 2. The zero-order chi connectivity index (χ0) is 16.4. The first kappa shape index (κ1) is 15.1. The number of benzene rings is 2. The monoisotopic (exact) mass is 303 g/mol. The van der Waals surface area contributed by atoms with Crippen molar-refractivity contribution < 1.29 is 0 Å². The van der Waals surface area contributed by atoms with Crippen LogP contribution in [0.1, 0.15) is 12.5 Å². The maximum atomic E-state index is 4.70. The van der Waals surface area contributed by atoms with Crippen molar-refractivity contribution in [2.75, 3.05) is 19.0 Å². The maximum absolute atomic E-state index is 4.70. The van der Waals surface area contributed by atoms with Gasteiger partial charge in [0.05, 0.1) is 11.0 Å². The van der Waals surface area contributed by atoms with Crippen LogP contribution in [0.4, 0.5) is 5.69 Å². The van der Waals surface area contributed by atoms with E-state index in [9.17, 15) is 0 Å². The van der Waals surface area contributed by atoms with Crippen LogP contribution in [0.5, 0.6) is 0 Å². The van der Waals surface area contributed by atoms with Crippen LogP contribution in [0.3, 0.4) is 0 Å². The third kappa shape index (κ3) is 3.04. The van der Waals surface area contributed by atoms with Gasteiger partial charge in [-0.3, -0.25) is 0 Å². The van der Waals surface area contributed by atoms with Crippen molar-refractivity contribution in [3.8, 4) is 11.4 Å². The molecule has 3 heteroatoms. The van der Waals surface area contributed by atoms with E-state index < -0.39 is 0 Å². The second-order valence-corrected chi connectivity index (χ2v) is 5.84. The number of imidazole rings is 1. The van der Waals surface area contributed by atoms with Crippen molar-refractivity contribution in [2.45, 2.75) is 6.92 Å². The molecule has 0 radical (unpaired) electrons. The standard InChI is InChI=1S/C20H21N3/c1-5-6-14(2)16-9-12-18-19(13-16)22-20(21-18)15-7-10-17(11-8-15)23(3)4/h5-13H,1H2,2-4H3,(H,21,22). The van der Waals surface area contributed by atoms with Crippen molar-refractivity contribution in [1.82, 2.24) is 9.97 Å². The Balaban J connectivity index is 1.99. The van der Waals surface area contributed by atoms with Crippen LogP contribution >= 0.6 is 0 Å². The summed E-state index contributed by atoms with van der Waals surface area (Å²) in [5.74, 6) is 0.896. The molecule has 0 fully saturated rings. The predicted molar refractivity (Wildman–Crippen MR) is 99.7 cm³/mol. The van der Waals surface area contributed by atoms with Crippen LogP contribution in [-0.2, 0) is 0 Å². The van der Waals surface area contributed by atoms with Gasteiger partial charge in [-0.15, -0.1) is 0 Å². The highest BCUT2D eigenvalue weighted by atomic mass is 15.1. The fourth-order valence-corrected chi connectivity index (χ4v) is 2.58. The second kappa shape index (κ2) is 6.13. The van der Waals surface area contributed by atoms with Crippen molar-refractivity contribution in [3.05, 3.63) is 66.8 Å². The number of H-pyrrole nitrogens is 1. The molecule has 3 rings (SSSR count). The number of hydrogen-bond acceptors (Lipinski definition) is 2. The van der Waals surface area contributed by atoms with E-state index in [2.05, 4.69) is 65.9 Å². The highest BCUT2D eigenvalue weighted by molar-refractivity contribution is 5.83. The summed E-state index contributed by atoms with van der Waals surface area (Å²) in [6, 6.07) is 14.7. The number of fused-ring (bicyclic) bond motifs is 1. The van der Waals surface area contributed by atoms with Gasteiger partial charge < -0.3 is 9.88 Å². The van der Waals surface area contributed by atoms with Crippen LogP contribution in [-0.4, -0.2) is 24.1 Å². The van der Waals surface area contributed by atoms with Gasteiger partial charge in [0.25, 0.3) is 0 Å². The first-order valence-electron chi connectivity index (χ1n) is 7.65. The SMILES string of the molecule is C=CC=C(C)c1ccc2nc(-c3ccc(N(C)C)cc3)[nH]c2c1. The van der Waals surface area contributed by atoms with Crippen molar-refractivity contribution in [3.63, 3.8) is 0 Å². The summed E-state index contributed by atoms with van der Waals surface area (Å²) < 4.78 is 0. The third-order valence-corrected chi connectivity index (χ3v) is 3.96. The Morgan fingerprint density at radius 2 is 1.87 bits per heavy atom. The molecule has 3 aromatic rings. The largest absolute Gasteiger partial charge is 0.378 e. The summed E-state index contributed by atoms with van der Waals surface area (Å²) in [6.07, 6.45) is 3.82. The van der Waals surface area contributed by atoms with Crippen molar-refractivity contribution >= 4 is 22.3 Å². The average molecular weight is 303 g/mol. The molecule has 0 spiro atoms. The quantitative estimate of drug-likeness (QED) is 0.696. The molecular formula is C20H21N3. The number of rotatable bonds is 4. The molecule has 1 heterocycles. The molecule has 0 amide bonds. The molecule has 116 valence electrons.